The molecule has 10 rings (SSSR count). The third kappa shape index (κ3) is 5.88. The van der Waals surface area contributed by atoms with Gasteiger partial charge in [-0.15, -0.1) is 0 Å². The van der Waals surface area contributed by atoms with Crippen molar-refractivity contribution >= 4 is 38.6 Å². The van der Waals surface area contributed by atoms with Crippen LogP contribution in [-0.4, -0.2) is 0 Å². The van der Waals surface area contributed by atoms with E-state index in [2.05, 4.69) is 221 Å². The molecule has 9 aromatic carbocycles. The van der Waals surface area contributed by atoms with Crippen molar-refractivity contribution in [2.24, 2.45) is 0 Å². The van der Waals surface area contributed by atoms with Gasteiger partial charge in [-0.3, -0.25) is 0 Å². The summed E-state index contributed by atoms with van der Waals surface area (Å²) in [6.07, 6.45) is 0. The quantitative estimate of drug-likeness (QED) is 0.166. The number of anilines is 3. The molecule has 0 atom stereocenters. The molecular weight excluding hydrogens is 675 g/mol. The number of hydrogen-bond donors (Lipinski definition) is 0. The Morgan fingerprint density at radius 1 is 0.321 bits per heavy atom. The Morgan fingerprint density at radius 2 is 0.732 bits per heavy atom. The molecular formula is C55H43N. The van der Waals surface area contributed by atoms with Crippen LogP contribution in [0.3, 0.4) is 0 Å². The fourth-order valence-corrected chi connectivity index (χ4v) is 8.73. The van der Waals surface area contributed by atoms with Gasteiger partial charge < -0.3 is 4.90 Å². The minimum absolute atomic E-state index is 0.143. The number of hydrogen-bond acceptors (Lipinski definition) is 1. The second kappa shape index (κ2) is 13.3. The number of aryl methyl sites for hydroxylation is 2. The molecule has 0 amide bonds. The SMILES string of the molecule is Cc1ccc(N(c2ccc(C)cc2)c2cccc(-c3ccc4c(c3)C(C)(C)c3cc(-c5ccc6cc(-c7ccc8ccccc8c7)ccc6c5)ccc3-4)c2)cc1. The van der Waals surface area contributed by atoms with E-state index in [4.69, 9.17) is 0 Å². The monoisotopic (exact) mass is 717 g/mol. The molecule has 0 unspecified atom stereocenters. The lowest BCUT2D eigenvalue weighted by Gasteiger charge is -2.26. The molecule has 1 aliphatic rings. The molecule has 0 aromatic heterocycles. The Hall–Kier alpha value is -6.70. The van der Waals surface area contributed by atoms with Crippen LogP contribution in [0.15, 0.2) is 188 Å². The molecule has 0 heterocycles. The summed E-state index contributed by atoms with van der Waals surface area (Å²) in [7, 11) is 0. The third-order valence-electron chi connectivity index (χ3n) is 12.0. The van der Waals surface area contributed by atoms with Crippen molar-refractivity contribution in [2.75, 3.05) is 4.90 Å². The predicted octanol–water partition coefficient (Wildman–Crippen LogP) is 15.4. The minimum atomic E-state index is -0.143. The highest BCUT2D eigenvalue weighted by atomic mass is 15.1. The number of benzene rings is 9. The van der Waals surface area contributed by atoms with Gasteiger partial charge in [-0.25, -0.2) is 0 Å². The first kappa shape index (κ1) is 33.8. The lowest BCUT2D eigenvalue weighted by atomic mass is 9.80. The van der Waals surface area contributed by atoms with Crippen LogP contribution in [0, 0.1) is 13.8 Å². The summed E-state index contributed by atoms with van der Waals surface area (Å²) in [4.78, 5) is 2.35. The highest BCUT2D eigenvalue weighted by Crippen LogP contribution is 2.51. The van der Waals surface area contributed by atoms with Crippen LogP contribution in [-0.2, 0) is 5.41 Å². The Kier molecular flexibility index (Phi) is 8.01. The first-order chi connectivity index (χ1) is 27.3. The molecule has 56 heavy (non-hydrogen) atoms. The lowest BCUT2D eigenvalue weighted by Crippen LogP contribution is -2.15. The predicted molar refractivity (Wildman–Crippen MR) is 239 cm³/mol. The van der Waals surface area contributed by atoms with E-state index in [0.29, 0.717) is 0 Å². The van der Waals surface area contributed by atoms with Crippen LogP contribution >= 0.6 is 0 Å². The summed E-state index contributed by atoms with van der Waals surface area (Å²) in [5.41, 5.74) is 18.7. The largest absolute Gasteiger partial charge is 0.310 e. The van der Waals surface area contributed by atoms with Gasteiger partial charge in [-0.2, -0.15) is 0 Å². The van der Waals surface area contributed by atoms with Gasteiger partial charge in [0.1, 0.15) is 0 Å². The van der Waals surface area contributed by atoms with Gasteiger partial charge in [0.15, 0.2) is 0 Å². The van der Waals surface area contributed by atoms with E-state index < -0.39 is 0 Å². The summed E-state index contributed by atoms with van der Waals surface area (Å²) in [6.45, 7) is 9.04. The van der Waals surface area contributed by atoms with Crippen molar-refractivity contribution in [2.45, 2.75) is 33.1 Å². The Balaban J connectivity index is 0.964. The van der Waals surface area contributed by atoms with Crippen LogP contribution in [0.2, 0.25) is 0 Å². The maximum Gasteiger partial charge on any atom is 0.0467 e. The lowest BCUT2D eigenvalue weighted by molar-refractivity contribution is 0.661. The second-order valence-electron chi connectivity index (χ2n) is 16.0. The molecule has 0 radical (unpaired) electrons. The van der Waals surface area contributed by atoms with Gasteiger partial charge in [-0.1, -0.05) is 146 Å². The maximum absolute atomic E-state index is 2.43. The Labute approximate surface area is 330 Å². The number of rotatable bonds is 6. The summed E-state index contributed by atoms with van der Waals surface area (Å²) in [6, 6.07) is 69.8. The molecule has 0 saturated heterocycles. The van der Waals surface area contributed by atoms with E-state index in [0.717, 1.165) is 17.1 Å². The molecule has 268 valence electrons. The first-order valence-electron chi connectivity index (χ1n) is 19.7. The van der Waals surface area contributed by atoms with Crippen molar-refractivity contribution in [3.8, 4) is 44.5 Å². The molecule has 1 aliphatic carbocycles. The van der Waals surface area contributed by atoms with Crippen LogP contribution in [0.1, 0.15) is 36.1 Å². The molecule has 0 spiro atoms. The fourth-order valence-electron chi connectivity index (χ4n) is 8.73. The molecule has 0 fully saturated rings. The summed E-state index contributed by atoms with van der Waals surface area (Å²) in [5, 5.41) is 5.05. The molecule has 0 saturated carbocycles. The average molecular weight is 718 g/mol. The van der Waals surface area contributed by atoms with Crippen LogP contribution in [0.25, 0.3) is 66.1 Å². The molecule has 9 aromatic rings. The van der Waals surface area contributed by atoms with E-state index in [9.17, 15) is 0 Å². The standard InChI is InChI=1S/C55H43N/c1-36-12-24-48(25-13-36)56(49-26-14-37(2)15-27-49)50-11-7-10-40(33-50)46-22-28-51-52-29-23-47(35-54(52)55(3,4)53(51)34-46)45-21-20-43-31-42(18-19-44(43)32-45)41-17-16-38-8-5-6-9-39(38)30-41/h5-35H,1-4H3. The van der Waals surface area contributed by atoms with E-state index in [1.165, 1.54) is 88.3 Å². The normalized spacial score (nSPS) is 12.8. The van der Waals surface area contributed by atoms with Gasteiger partial charge in [-0.05, 0) is 158 Å². The van der Waals surface area contributed by atoms with Crippen molar-refractivity contribution in [1.29, 1.82) is 0 Å². The zero-order valence-electron chi connectivity index (χ0n) is 32.3. The summed E-state index contributed by atoms with van der Waals surface area (Å²) < 4.78 is 0. The van der Waals surface area contributed by atoms with Crippen molar-refractivity contribution in [1.82, 2.24) is 0 Å². The van der Waals surface area contributed by atoms with Gasteiger partial charge in [0.25, 0.3) is 0 Å². The number of nitrogens with zero attached hydrogens (tertiary/aromatic N) is 1. The van der Waals surface area contributed by atoms with Gasteiger partial charge in [0.05, 0.1) is 0 Å². The Morgan fingerprint density at radius 3 is 1.25 bits per heavy atom. The zero-order chi connectivity index (χ0) is 38.0. The smallest absolute Gasteiger partial charge is 0.0467 e. The summed E-state index contributed by atoms with van der Waals surface area (Å²) >= 11 is 0. The van der Waals surface area contributed by atoms with Crippen LogP contribution < -0.4 is 4.90 Å². The van der Waals surface area contributed by atoms with Crippen molar-refractivity contribution in [3.63, 3.8) is 0 Å². The van der Waals surface area contributed by atoms with Gasteiger partial charge in [0, 0.05) is 22.5 Å². The maximum atomic E-state index is 2.43. The summed E-state index contributed by atoms with van der Waals surface area (Å²) in [5.74, 6) is 0. The van der Waals surface area contributed by atoms with E-state index in [1.54, 1.807) is 0 Å². The molecule has 0 bridgehead atoms. The first-order valence-corrected chi connectivity index (χ1v) is 19.7. The minimum Gasteiger partial charge on any atom is -0.310 e. The van der Waals surface area contributed by atoms with Gasteiger partial charge in [0.2, 0.25) is 0 Å². The highest BCUT2D eigenvalue weighted by molar-refractivity contribution is 5.94. The topological polar surface area (TPSA) is 3.24 Å². The molecule has 0 N–H and O–H groups in total. The van der Waals surface area contributed by atoms with Crippen LogP contribution in [0.4, 0.5) is 17.1 Å². The van der Waals surface area contributed by atoms with E-state index >= 15 is 0 Å². The third-order valence-corrected chi connectivity index (χ3v) is 12.0. The van der Waals surface area contributed by atoms with Crippen LogP contribution in [0.5, 0.6) is 0 Å². The van der Waals surface area contributed by atoms with Crippen molar-refractivity contribution in [3.05, 3.63) is 210 Å². The Bertz CT molecular complexity index is 2900. The highest BCUT2D eigenvalue weighted by Gasteiger charge is 2.36. The van der Waals surface area contributed by atoms with Gasteiger partial charge >= 0.3 is 0 Å². The molecule has 1 heteroatoms. The van der Waals surface area contributed by atoms with E-state index in [1.807, 2.05) is 0 Å². The second-order valence-corrected chi connectivity index (χ2v) is 16.0. The van der Waals surface area contributed by atoms with Crippen molar-refractivity contribution < 1.29 is 0 Å². The fraction of sp³-hybridized carbons (Fsp3) is 0.0909. The molecule has 0 aliphatic heterocycles. The number of fused-ring (bicyclic) bond motifs is 5. The molecule has 1 nitrogen and oxygen atoms in total. The average Bonchev–Trinajstić information content (AvgIpc) is 3.46. The van der Waals surface area contributed by atoms with E-state index in [-0.39, 0.29) is 5.41 Å². The zero-order valence-corrected chi connectivity index (χ0v) is 32.3.